The third-order valence-corrected chi connectivity index (χ3v) is 4.43. The highest BCUT2D eigenvalue weighted by Gasteiger charge is 2.16. The standard InChI is InChI=1S/C23H18F2N2O2/c1-14-7-9-20(15(2)11-14)27-22(28)17(13-26)12-19-18-6-4-3-5-16(18)8-10-21(19)29-23(24)25/h3-12,23H,1-2H3,(H,27,28)/b17-12+. The molecule has 3 aromatic carbocycles. The molecule has 3 rings (SSSR count). The Hall–Kier alpha value is -3.72. The minimum atomic E-state index is -3.03. The van der Waals surface area contributed by atoms with E-state index >= 15 is 0 Å². The van der Waals surface area contributed by atoms with Crippen molar-refractivity contribution in [1.82, 2.24) is 0 Å². The molecule has 0 radical (unpaired) electrons. The quantitative estimate of drug-likeness (QED) is 0.454. The number of nitrogens with one attached hydrogen (secondary N) is 1. The molecule has 0 saturated carbocycles. The van der Waals surface area contributed by atoms with E-state index in [-0.39, 0.29) is 16.9 Å². The second kappa shape index (κ2) is 8.53. The highest BCUT2D eigenvalue weighted by Crippen LogP contribution is 2.31. The fraction of sp³-hybridized carbons (Fsp3) is 0.130. The first-order valence-electron chi connectivity index (χ1n) is 8.86. The van der Waals surface area contributed by atoms with Crippen molar-refractivity contribution >= 4 is 28.4 Å². The zero-order valence-electron chi connectivity index (χ0n) is 15.9. The van der Waals surface area contributed by atoms with Crippen molar-refractivity contribution in [2.75, 3.05) is 5.32 Å². The molecule has 0 heterocycles. The molecule has 0 aliphatic rings. The second-order valence-electron chi connectivity index (χ2n) is 6.52. The molecule has 1 N–H and O–H groups in total. The van der Waals surface area contributed by atoms with Crippen molar-refractivity contribution in [2.45, 2.75) is 20.5 Å². The van der Waals surface area contributed by atoms with Crippen LogP contribution in [0, 0.1) is 25.2 Å². The predicted octanol–water partition coefficient (Wildman–Crippen LogP) is 5.60. The number of aryl methyl sites for hydroxylation is 2. The van der Waals surface area contributed by atoms with Crippen LogP contribution in [0.3, 0.4) is 0 Å². The Kier molecular flexibility index (Phi) is 5.89. The van der Waals surface area contributed by atoms with Crippen LogP contribution >= 0.6 is 0 Å². The molecule has 0 bridgehead atoms. The molecule has 0 spiro atoms. The molecule has 0 atom stereocenters. The van der Waals surface area contributed by atoms with E-state index in [1.54, 1.807) is 30.3 Å². The maximum atomic E-state index is 12.9. The number of hydrogen-bond donors (Lipinski definition) is 1. The summed E-state index contributed by atoms with van der Waals surface area (Å²) in [6.45, 7) is 0.750. The number of fused-ring (bicyclic) bond motifs is 1. The molecule has 0 aromatic heterocycles. The van der Waals surface area contributed by atoms with Crippen molar-refractivity contribution < 1.29 is 18.3 Å². The first-order chi connectivity index (χ1) is 13.9. The van der Waals surface area contributed by atoms with Crippen LogP contribution in [0.25, 0.3) is 16.8 Å². The maximum absolute atomic E-state index is 12.9. The first kappa shape index (κ1) is 20.0. The molecule has 0 fully saturated rings. The summed E-state index contributed by atoms with van der Waals surface area (Å²) in [4.78, 5) is 12.7. The average Bonchev–Trinajstić information content (AvgIpc) is 2.68. The number of alkyl halides is 2. The molecule has 0 aliphatic carbocycles. The van der Waals surface area contributed by atoms with Crippen LogP contribution in [0.1, 0.15) is 16.7 Å². The zero-order chi connectivity index (χ0) is 21.0. The molecule has 146 valence electrons. The number of nitriles is 1. The van der Waals surface area contributed by atoms with Gasteiger partial charge in [0, 0.05) is 11.3 Å². The van der Waals surface area contributed by atoms with Crippen LogP contribution in [0.5, 0.6) is 5.75 Å². The van der Waals surface area contributed by atoms with E-state index in [4.69, 9.17) is 0 Å². The van der Waals surface area contributed by atoms with Crippen LogP contribution < -0.4 is 10.1 Å². The topological polar surface area (TPSA) is 62.1 Å². The van der Waals surface area contributed by atoms with Gasteiger partial charge in [0.2, 0.25) is 0 Å². The van der Waals surface area contributed by atoms with Gasteiger partial charge < -0.3 is 10.1 Å². The molecular weight excluding hydrogens is 374 g/mol. The second-order valence-corrected chi connectivity index (χ2v) is 6.52. The third kappa shape index (κ3) is 4.58. The number of nitrogens with zero attached hydrogens (tertiary/aromatic N) is 1. The number of ether oxygens (including phenoxy) is 1. The molecule has 3 aromatic rings. The molecule has 6 heteroatoms. The van der Waals surface area contributed by atoms with Gasteiger partial charge in [-0.15, -0.1) is 0 Å². The number of anilines is 1. The molecule has 0 saturated heterocycles. The van der Waals surface area contributed by atoms with E-state index in [9.17, 15) is 18.8 Å². The predicted molar refractivity (Wildman–Crippen MR) is 109 cm³/mol. The maximum Gasteiger partial charge on any atom is 0.387 e. The molecular formula is C23H18F2N2O2. The van der Waals surface area contributed by atoms with E-state index in [2.05, 4.69) is 10.1 Å². The monoisotopic (exact) mass is 392 g/mol. The van der Waals surface area contributed by atoms with Gasteiger partial charge in [0.15, 0.2) is 0 Å². The van der Waals surface area contributed by atoms with Gasteiger partial charge in [-0.25, -0.2) is 0 Å². The highest BCUT2D eigenvalue weighted by atomic mass is 19.3. The lowest BCUT2D eigenvalue weighted by Gasteiger charge is -2.12. The Labute approximate surface area is 167 Å². The SMILES string of the molecule is Cc1ccc(NC(=O)/C(C#N)=C/c2c(OC(F)F)ccc3ccccc23)c(C)c1. The van der Waals surface area contributed by atoms with Crippen LogP contribution in [0.15, 0.2) is 60.2 Å². The normalized spacial score (nSPS) is 11.4. The molecule has 0 unspecified atom stereocenters. The number of benzene rings is 3. The van der Waals surface area contributed by atoms with Crippen molar-refractivity contribution in [3.63, 3.8) is 0 Å². The van der Waals surface area contributed by atoms with E-state index in [0.29, 0.717) is 11.1 Å². The van der Waals surface area contributed by atoms with Crippen molar-refractivity contribution in [3.8, 4) is 11.8 Å². The molecule has 1 amide bonds. The summed E-state index contributed by atoms with van der Waals surface area (Å²) >= 11 is 0. The first-order valence-corrected chi connectivity index (χ1v) is 8.86. The van der Waals surface area contributed by atoms with Gasteiger partial charge in [0.25, 0.3) is 5.91 Å². The average molecular weight is 392 g/mol. The summed E-state index contributed by atoms with van der Waals surface area (Å²) < 4.78 is 30.3. The lowest BCUT2D eigenvalue weighted by molar-refractivity contribution is -0.112. The van der Waals surface area contributed by atoms with Crippen LogP contribution in [-0.2, 0) is 4.79 Å². The van der Waals surface area contributed by atoms with Gasteiger partial charge in [-0.3, -0.25) is 4.79 Å². The lowest BCUT2D eigenvalue weighted by Crippen LogP contribution is -2.14. The summed E-state index contributed by atoms with van der Waals surface area (Å²) in [7, 11) is 0. The third-order valence-electron chi connectivity index (χ3n) is 4.43. The molecule has 29 heavy (non-hydrogen) atoms. The Morgan fingerprint density at radius 2 is 1.90 bits per heavy atom. The smallest absolute Gasteiger partial charge is 0.387 e. The summed E-state index contributed by atoms with van der Waals surface area (Å²) in [6.07, 6.45) is 1.28. The van der Waals surface area contributed by atoms with Gasteiger partial charge >= 0.3 is 6.61 Å². The summed E-state index contributed by atoms with van der Waals surface area (Å²) in [5, 5.41) is 13.6. The van der Waals surface area contributed by atoms with Crippen molar-refractivity contribution in [1.29, 1.82) is 5.26 Å². The van der Waals surface area contributed by atoms with E-state index in [0.717, 1.165) is 16.5 Å². The van der Waals surface area contributed by atoms with Crippen LogP contribution in [0.2, 0.25) is 0 Å². The van der Waals surface area contributed by atoms with Gasteiger partial charge in [-0.2, -0.15) is 14.0 Å². The Morgan fingerprint density at radius 3 is 2.59 bits per heavy atom. The number of halogens is 2. The Balaban J connectivity index is 2.05. The lowest BCUT2D eigenvalue weighted by atomic mass is 10.0. The van der Waals surface area contributed by atoms with Gasteiger partial charge in [0.05, 0.1) is 0 Å². The fourth-order valence-electron chi connectivity index (χ4n) is 3.06. The summed E-state index contributed by atoms with van der Waals surface area (Å²) in [5.41, 5.74) is 2.49. The van der Waals surface area contributed by atoms with E-state index < -0.39 is 12.5 Å². The Morgan fingerprint density at radius 1 is 1.14 bits per heavy atom. The summed E-state index contributed by atoms with van der Waals surface area (Å²) in [6, 6.07) is 17.5. The van der Waals surface area contributed by atoms with E-state index in [1.807, 2.05) is 38.1 Å². The van der Waals surface area contributed by atoms with Crippen LogP contribution in [0.4, 0.5) is 14.5 Å². The van der Waals surface area contributed by atoms with Crippen LogP contribution in [-0.4, -0.2) is 12.5 Å². The number of carbonyl (C=O) groups is 1. The Bertz CT molecular complexity index is 1150. The highest BCUT2D eigenvalue weighted by molar-refractivity contribution is 6.11. The number of amides is 1. The number of hydrogen-bond acceptors (Lipinski definition) is 3. The van der Waals surface area contributed by atoms with Crippen molar-refractivity contribution in [2.24, 2.45) is 0 Å². The van der Waals surface area contributed by atoms with Crippen molar-refractivity contribution in [3.05, 3.63) is 76.9 Å². The van der Waals surface area contributed by atoms with E-state index in [1.165, 1.54) is 12.1 Å². The molecule has 4 nitrogen and oxygen atoms in total. The minimum Gasteiger partial charge on any atom is -0.434 e. The van der Waals surface area contributed by atoms with Gasteiger partial charge in [-0.05, 0) is 48.4 Å². The molecule has 0 aliphatic heterocycles. The van der Waals surface area contributed by atoms with Gasteiger partial charge in [-0.1, -0.05) is 48.0 Å². The summed E-state index contributed by atoms with van der Waals surface area (Å²) in [5.74, 6) is -0.735. The fourth-order valence-corrected chi connectivity index (χ4v) is 3.06. The zero-order valence-corrected chi connectivity index (χ0v) is 15.9. The van der Waals surface area contributed by atoms with Gasteiger partial charge in [0.1, 0.15) is 17.4 Å². The number of rotatable bonds is 5. The largest absolute Gasteiger partial charge is 0.434 e. The minimum absolute atomic E-state index is 0.106. The number of carbonyl (C=O) groups excluding carboxylic acids is 1.